The minimum absolute atomic E-state index is 0.116. The van der Waals surface area contributed by atoms with Crippen LogP contribution in [0.4, 0.5) is 4.39 Å². The lowest BCUT2D eigenvalue weighted by molar-refractivity contribution is -0.139. The molecule has 1 aliphatic carbocycles. The molecule has 0 saturated heterocycles. The molecule has 0 heterocycles. The molecular weight excluding hydrogens is 483 g/mol. The first-order chi connectivity index (χ1) is 18.0. The van der Waals surface area contributed by atoms with Crippen molar-refractivity contribution < 1.29 is 14.0 Å². The Bertz CT molecular complexity index is 1150. The molecule has 0 aliphatic heterocycles. The van der Waals surface area contributed by atoms with Crippen LogP contribution in [0.15, 0.2) is 83.8 Å². The van der Waals surface area contributed by atoms with Gasteiger partial charge < -0.3 is 10.2 Å². The zero-order valence-corrected chi connectivity index (χ0v) is 22.2. The van der Waals surface area contributed by atoms with E-state index in [2.05, 4.69) is 5.32 Å². The lowest BCUT2D eigenvalue weighted by atomic mass is 9.94. The molecule has 3 aromatic carbocycles. The number of carbonyl (C=O) groups excluding carboxylic acids is 2. The number of benzene rings is 3. The summed E-state index contributed by atoms with van der Waals surface area (Å²) < 4.78 is 13.6. The molecule has 0 bridgehead atoms. The van der Waals surface area contributed by atoms with Crippen LogP contribution >= 0.6 is 11.8 Å². The summed E-state index contributed by atoms with van der Waals surface area (Å²) in [4.78, 5) is 30.2. The summed E-state index contributed by atoms with van der Waals surface area (Å²) in [6.07, 6.45) is 5.78. The Morgan fingerprint density at radius 3 is 2.27 bits per heavy atom. The monoisotopic (exact) mass is 518 g/mol. The van der Waals surface area contributed by atoms with Crippen molar-refractivity contribution in [3.05, 3.63) is 101 Å². The van der Waals surface area contributed by atoms with Crippen molar-refractivity contribution in [3.63, 3.8) is 0 Å². The minimum atomic E-state index is -0.666. The van der Waals surface area contributed by atoms with Gasteiger partial charge >= 0.3 is 0 Å². The summed E-state index contributed by atoms with van der Waals surface area (Å²) in [7, 11) is 0. The smallest absolute Gasteiger partial charge is 0.243 e. The highest BCUT2D eigenvalue weighted by atomic mass is 32.2. The van der Waals surface area contributed by atoms with E-state index in [4.69, 9.17) is 0 Å². The molecule has 194 valence electrons. The summed E-state index contributed by atoms with van der Waals surface area (Å²) in [5.41, 5.74) is 2.95. The molecule has 4 rings (SSSR count). The third kappa shape index (κ3) is 8.19. The number of halogens is 1. The van der Waals surface area contributed by atoms with E-state index in [0.717, 1.165) is 47.3 Å². The number of amides is 2. The summed E-state index contributed by atoms with van der Waals surface area (Å²) in [5.74, 6) is -0.347. The van der Waals surface area contributed by atoms with Crippen molar-refractivity contribution in [1.82, 2.24) is 10.2 Å². The quantitative estimate of drug-likeness (QED) is 0.320. The highest BCUT2D eigenvalue weighted by Crippen LogP contribution is 2.23. The van der Waals surface area contributed by atoms with E-state index in [1.165, 1.54) is 30.3 Å². The predicted molar refractivity (Wildman–Crippen MR) is 148 cm³/mol. The molecule has 1 N–H and O–H groups in total. The molecule has 1 saturated carbocycles. The number of aryl methyl sites for hydroxylation is 1. The lowest BCUT2D eigenvalue weighted by Gasteiger charge is -2.33. The maximum absolute atomic E-state index is 13.7. The molecule has 0 aromatic heterocycles. The first-order valence-corrected chi connectivity index (χ1v) is 14.0. The van der Waals surface area contributed by atoms with Crippen LogP contribution in [0.1, 0.15) is 48.8 Å². The number of hydrogen-bond acceptors (Lipinski definition) is 3. The van der Waals surface area contributed by atoms with Gasteiger partial charge in [-0.15, -0.1) is 11.8 Å². The van der Waals surface area contributed by atoms with Crippen LogP contribution < -0.4 is 5.32 Å². The summed E-state index contributed by atoms with van der Waals surface area (Å²) in [5, 5.41) is 3.25. The maximum atomic E-state index is 13.7. The molecule has 1 aliphatic rings. The van der Waals surface area contributed by atoms with E-state index in [1.807, 2.05) is 61.5 Å². The van der Waals surface area contributed by atoms with E-state index in [9.17, 15) is 14.0 Å². The Morgan fingerprint density at radius 2 is 1.59 bits per heavy atom. The van der Waals surface area contributed by atoms with E-state index in [0.29, 0.717) is 6.42 Å². The van der Waals surface area contributed by atoms with Crippen LogP contribution in [0.5, 0.6) is 0 Å². The van der Waals surface area contributed by atoms with E-state index in [-0.39, 0.29) is 36.0 Å². The van der Waals surface area contributed by atoms with Gasteiger partial charge in [0.25, 0.3) is 0 Å². The second-order valence-electron chi connectivity index (χ2n) is 9.80. The number of thioether (sulfide) groups is 1. The number of rotatable bonds is 10. The van der Waals surface area contributed by atoms with Gasteiger partial charge in [-0.1, -0.05) is 79.4 Å². The van der Waals surface area contributed by atoms with Gasteiger partial charge in [0.15, 0.2) is 0 Å². The molecule has 0 radical (unpaired) electrons. The molecule has 3 aromatic rings. The van der Waals surface area contributed by atoms with Crippen LogP contribution in [0.3, 0.4) is 0 Å². The van der Waals surface area contributed by atoms with Gasteiger partial charge in [0.05, 0.1) is 5.75 Å². The second-order valence-corrected chi connectivity index (χ2v) is 10.8. The van der Waals surface area contributed by atoms with Gasteiger partial charge in [0.2, 0.25) is 11.8 Å². The molecule has 37 heavy (non-hydrogen) atoms. The predicted octanol–water partition coefficient (Wildman–Crippen LogP) is 6.32. The second kappa shape index (κ2) is 13.4. The van der Waals surface area contributed by atoms with Crippen molar-refractivity contribution in [2.45, 2.75) is 69.0 Å². The number of nitrogens with zero attached hydrogens (tertiary/aromatic N) is 1. The van der Waals surface area contributed by atoms with Crippen molar-refractivity contribution in [1.29, 1.82) is 0 Å². The van der Waals surface area contributed by atoms with Crippen LogP contribution in [0, 0.1) is 12.7 Å². The van der Waals surface area contributed by atoms with E-state index >= 15 is 0 Å². The van der Waals surface area contributed by atoms with Gasteiger partial charge in [-0.25, -0.2) is 4.39 Å². The van der Waals surface area contributed by atoms with Crippen LogP contribution in [-0.2, 0) is 22.6 Å². The first kappa shape index (κ1) is 26.9. The Morgan fingerprint density at radius 1 is 0.919 bits per heavy atom. The molecular formula is C31H35FN2O2S. The SMILES string of the molecule is Cc1ccc(SCC(=O)N(Cc2ccc(F)cc2)C(Cc2ccccc2)C(=O)NC2CCCCC2)cc1. The zero-order chi connectivity index (χ0) is 26.0. The topological polar surface area (TPSA) is 49.4 Å². The zero-order valence-electron chi connectivity index (χ0n) is 21.4. The third-order valence-corrected chi connectivity index (χ3v) is 7.87. The fourth-order valence-electron chi connectivity index (χ4n) is 4.75. The van der Waals surface area contributed by atoms with Crippen LogP contribution in [0.2, 0.25) is 0 Å². The fourth-order valence-corrected chi connectivity index (χ4v) is 5.53. The molecule has 4 nitrogen and oxygen atoms in total. The minimum Gasteiger partial charge on any atom is -0.352 e. The average molecular weight is 519 g/mol. The maximum Gasteiger partial charge on any atom is 0.243 e. The van der Waals surface area contributed by atoms with Crippen LogP contribution in [0.25, 0.3) is 0 Å². The van der Waals surface area contributed by atoms with Crippen molar-refractivity contribution in [2.75, 3.05) is 5.75 Å². The van der Waals surface area contributed by atoms with Gasteiger partial charge in [-0.05, 0) is 55.2 Å². The Hall–Kier alpha value is -3.12. The summed E-state index contributed by atoms with van der Waals surface area (Å²) in [6, 6.07) is 23.5. The lowest BCUT2D eigenvalue weighted by Crippen LogP contribution is -2.53. The summed E-state index contributed by atoms with van der Waals surface area (Å²) in [6.45, 7) is 2.27. The normalized spacial score (nSPS) is 14.6. The first-order valence-electron chi connectivity index (χ1n) is 13.1. The standard InChI is InChI=1S/C31H35FN2O2S/c1-23-12-18-28(19-13-23)37-22-30(35)34(21-25-14-16-26(32)17-15-25)29(20-24-8-4-2-5-9-24)31(36)33-27-10-6-3-7-11-27/h2,4-5,8-9,12-19,27,29H,3,6-7,10-11,20-22H2,1H3,(H,33,36). The van der Waals surface area contributed by atoms with E-state index in [1.54, 1.807) is 17.0 Å². The van der Waals surface area contributed by atoms with Crippen molar-refractivity contribution >= 4 is 23.6 Å². The molecule has 1 unspecified atom stereocenters. The van der Waals surface area contributed by atoms with Gasteiger partial charge in [0, 0.05) is 23.9 Å². The number of hydrogen-bond donors (Lipinski definition) is 1. The molecule has 0 spiro atoms. The summed E-state index contributed by atoms with van der Waals surface area (Å²) >= 11 is 1.47. The van der Waals surface area contributed by atoms with Gasteiger partial charge in [-0.2, -0.15) is 0 Å². The average Bonchev–Trinajstić information content (AvgIpc) is 2.92. The van der Waals surface area contributed by atoms with Crippen LogP contribution in [-0.4, -0.2) is 34.6 Å². The molecule has 1 fully saturated rings. The van der Waals surface area contributed by atoms with E-state index < -0.39 is 6.04 Å². The fraction of sp³-hybridized carbons (Fsp3) is 0.355. The van der Waals surface area contributed by atoms with Gasteiger partial charge in [0.1, 0.15) is 11.9 Å². The Kier molecular flexibility index (Phi) is 9.78. The van der Waals surface area contributed by atoms with Gasteiger partial charge in [-0.3, -0.25) is 9.59 Å². The van der Waals surface area contributed by atoms with Crippen molar-refractivity contribution in [3.8, 4) is 0 Å². The third-order valence-electron chi connectivity index (χ3n) is 6.87. The van der Waals surface area contributed by atoms with Crippen molar-refractivity contribution in [2.24, 2.45) is 0 Å². The highest BCUT2D eigenvalue weighted by Gasteiger charge is 2.31. The molecule has 6 heteroatoms. The Balaban J connectivity index is 1.59. The highest BCUT2D eigenvalue weighted by molar-refractivity contribution is 8.00. The molecule has 1 atom stereocenters. The number of carbonyl (C=O) groups is 2. The number of nitrogens with one attached hydrogen (secondary N) is 1. The largest absolute Gasteiger partial charge is 0.352 e. The molecule has 2 amide bonds. The Labute approximate surface area is 223 Å².